The quantitative estimate of drug-likeness (QED) is 0.0662. The number of aromatic amines is 2. The molecule has 2 saturated heterocycles. The van der Waals surface area contributed by atoms with Crippen molar-refractivity contribution in [3.8, 4) is 50.7 Å². The van der Waals surface area contributed by atoms with Crippen LogP contribution in [0.3, 0.4) is 0 Å². The molecule has 5 heterocycles. The van der Waals surface area contributed by atoms with Gasteiger partial charge in [0, 0.05) is 33.0 Å². The van der Waals surface area contributed by atoms with Gasteiger partial charge in [0.05, 0.1) is 66.6 Å². The van der Waals surface area contributed by atoms with Gasteiger partial charge in [0.15, 0.2) is 0 Å². The summed E-state index contributed by atoms with van der Waals surface area (Å²) in [4.78, 5) is 71.0. The number of methoxy groups -OCH3 is 3. The van der Waals surface area contributed by atoms with Crippen LogP contribution in [0.2, 0.25) is 0 Å². The van der Waals surface area contributed by atoms with Crippen LogP contribution in [0.15, 0.2) is 97.3 Å². The van der Waals surface area contributed by atoms with Crippen molar-refractivity contribution in [2.75, 3.05) is 34.4 Å². The number of likely N-dealkylation sites (tertiary alicyclic amines) is 2. The number of hydrogen-bond acceptors (Lipinski definition) is 9. The topological polar surface area (TPSA) is 209 Å². The Morgan fingerprint density at radius 2 is 1.07 bits per heavy atom. The number of benzene rings is 3. The lowest BCUT2D eigenvalue weighted by molar-refractivity contribution is -0.138. The van der Waals surface area contributed by atoms with Gasteiger partial charge in [-0.1, -0.05) is 81.4 Å². The molecule has 6 atom stereocenters. The molecule has 17 nitrogen and oxygen atoms in total. The van der Waals surface area contributed by atoms with Crippen molar-refractivity contribution in [1.82, 2.24) is 44.9 Å². The SMILES string of the molecule is COC(=O)N[C@@H](C(=O)N1CCC[C@H]1c1ncc(-c2ccc(-c3ccc(-c4ccc(-c5cnc([C@@H]6CCCN6C(=O)[C@@H](NC(=O)O)[C@H](C)OC)[nH]5)cc4)n3-c3ccc(C(C)(C)C)cc3)cc2)[nH]1)C(C)OC. The number of carbonyl (C=O) groups excluding carboxylic acids is 3. The highest BCUT2D eigenvalue weighted by Crippen LogP contribution is 2.38. The number of hydrogen-bond donors (Lipinski definition) is 5. The normalized spacial score (nSPS) is 17.8. The molecule has 5 N–H and O–H groups in total. The van der Waals surface area contributed by atoms with Gasteiger partial charge >= 0.3 is 12.2 Å². The van der Waals surface area contributed by atoms with Crippen LogP contribution in [0.5, 0.6) is 0 Å². The summed E-state index contributed by atoms with van der Waals surface area (Å²) < 4.78 is 17.9. The fourth-order valence-corrected chi connectivity index (χ4v) is 9.56. The van der Waals surface area contributed by atoms with Gasteiger partial charge in [-0.05, 0) is 97.0 Å². The number of rotatable bonds is 15. The minimum Gasteiger partial charge on any atom is -0.465 e. The standard InChI is InChI=1S/C53H63N9O8/c1-31(68-6)45(58-51(65)66)49(63)60-27-9-11-43(60)47-54-29-39(56-47)33-13-17-35(18-14-33)41-25-26-42(62(41)38-23-21-37(22-24-38)53(3,4)5)36-19-15-34(16-20-36)40-30-55-48(57-40)44-12-10-28-61(44)50(64)46(32(2)69-7)59-52(67)70-8/h13-26,29-32,43-46,58H,9-12,27-28H2,1-8H3,(H,54,56)(H,55,57)(H,59,67)(H,65,66)/t31-,32?,43-,44-,45-,46+/m0/s1. The lowest BCUT2D eigenvalue weighted by Crippen LogP contribution is -2.54. The van der Waals surface area contributed by atoms with Crippen LogP contribution < -0.4 is 10.6 Å². The monoisotopic (exact) mass is 953 g/mol. The number of imidazole rings is 2. The Kier molecular flexibility index (Phi) is 14.6. The third-order valence-electron chi connectivity index (χ3n) is 13.7. The largest absolute Gasteiger partial charge is 0.465 e. The molecule has 368 valence electrons. The van der Waals surface area contributed by atoms with Crippen LogP contribution in [0, 0.1) is 0 Å². The first-order chi connectivity index (χ1) is 33.6. The number of carboxylic acid groups (broad SMARTS) is 1. The maximum Gasteiger partial charge on any atom is 0.407 e. The van der Waals surface area contributed by atoms with Crippen molar-refractivity contribution >= 4 is 24.0 Å². The average molecular weight is 954 g/mol. The van der Waals surface area contributed by atoms with E-state index in [-0.39, 0.29) is 29.3 Å². The van der Waals surface area contributed by atoms with Crippen molar-refractivity contribution in [3.63, 3.8) is 0 Å². The number of carbonyl (C=O) groups is 4. The Morgan fingerprint density at radius 3 is 1.47 bits per heavy atom. The van der Waals surface area contributed by atoms with E-state index in [2.05, 4.69) is 131 Å². The first-order valence-corrected chi connectivity index (χ1v) is 23.7. The predicted octanol–water partition coefficient (Wildman–Crippen LogP) is 8.65. The second-order valence-electron chi connectivity index (χ2n) is 19.1. The van der Waals surface area contributed by atoms with E-state index in [4.69, 9.17) is 24.2 Å². The smallest absolute Gasteiger partial charge is 0.407 e. The zero-order valence-electron chi connectivity index (χ0n) is 41.0. The minimum atomic E-state index is -1.29. The number of nitrogens with one attached hydrogen (secondary N) is 4. The number of aromatic nitrogens is 5. The summed E-state index contributed by atoms with van der Waals surface area (Å²) in [6.45, 7) is 11.0. The van der Waals surface area contributed by atoms with Gasteiger partial charge in [-0.2, -0.15) is 0 Å². The molecule has 2 fully saturated rings. The van der Waals surface area contributed by atoms with Crippen molar-refractivity contribution in [3.05, 3.63) is 115 Å². The van der Waals surface area contributed by atoms with Crippen molar-refractivity contribution in [2.45, 2.75) is 102 Å². The summed E-state index contributed by atoms with van der Waals surface area (Å²) in [6.07, 6.45) is 3.33. The zero-order chi connectivity index (χ0) is 49.9. The van der Waals surface area contributed by atoms with Crippen molar-refractivity contribution < 1.29 is 38.5 Å². The van der Waals surface area contributed by atoms with E-state index in [0.29, 0.717) is 31.2 Å². The molecule has 2 aliphatic rings. The summed E-state index contributed by atoms with van der Waals surface area (Å²) in [5.41, 5.74) is 9.76. The highest BCUT2D eigenvalue weighted by Gasteiger charge is 2.40. The van der Waals surface area contributed by atoms with E-state index in [1.54, 1.807) is 36.0 Å². The minimum absolute atomic E-state index is 0.0158. The third kappa shape index (κ3) is 10.2. The number of amides is 4. The number of H-pyrrole nitrogens is 2. The van der Waals surface area contributed by atoms with E-state index in [9.17, 15) is 24.3 Å². The van der Waals surface area contributed by atoms with Crippen molar-refractivity contribution in [1.29, 1.82) is 0 Å². The molecule has 17 heteroatoms. The molecule has 0 saturated carbocycles. The second kappa shape index (κ2) is 20.8. The molecule has 2 aliphatic heterocycles. The maximum atomic E-state index is 13.8. The highest BCUT2D eigenvalue weighted by molar-refractivity contribution is 5.87. The summed E-state index contributed by atoms with van der Waals surface area (Å²) in [5, 5.41) is 14.4. The molecule has 0 bridgehead atoms. The van der Waals surface area contributed by atoms with Gasteiger partial charge < -0.3 is 54.3 Å². The molecule has 3 aromatic carbocycles. The zero-order valence-corrected chi connectivity index (χ0v) is 41.0. The average Bonchev–Trinajstić information content (AvgIpc) is 4.23. The van der Waals surface area contributed by atoms with Gasteiger partial charge in [-0.25, -0.2) is 19.6 Å². The highest BCUT2D eigenvalue weighted by atomic mass is 16.5. The van der Waals surface area contributed by atoms with Crippen LogP contribution >= 0.6 is 0 Å². The molecular weight excluding hydrogens is 891 g/mol. The van der Waals surface area contributed by atoms with E-state index in [1.165, 1.54) is 26.9 Å². The first kappa shape index (κ1) is 49.2. The fourth-order valence-electron chi connectivity index (χ4n) is 9.56. The lowest BCUT2D eigenvalue weighted by Gasteiger charge is -2.30. The number of alkyl carbamates (subject to hydrolysis) is 1. The summed E-state index contributed by atoms with van der Waals surface area (Å²) in [5.74, 6) is 0.716. The van der Waals surface area contributed by atoms with Crippen LogP contribution in [-0.4, -0.2) is 122 Å². The van der Waals surface area contributed by atoms with Gasteiger partial charge in [-0.3, -0.25) is 9.59 Å². The fraction of sp³-hybridized carbons (Fsp3) is 0.396. The Bertz CT molecular complexity index is 2790. The Hall–Kier alpha value is -7.24. The van der Waals surface area contributed by atoms with Crippen molar-refractivity contribution in [2.24, 2.45) is 0 Å². The van der Waals surface area contributed by atoms with Gasteiger partial charge in [0.2, 0.25) is 11.8 Å². The molecule has 3 aromatic heterocycles. The number of nitrogens with zero attached hydrogens (tertiary/aromatic N) is 5. The van der Waals surface area contributed by atoms with Gasteiger partial charge in [0.25, 0.3) is 0 Å². The first-order valence-electron chi connectivity index (χ1n) is 23.7. The Labute approximate surface area is 408 Å². The number of ether oxygens (including phenoxy) is 3. The molecule has 1 unspecified atom stereocenters. The summed E-state index contributed by atoms with van der Waals surface area (Å²) in [6, 6.07) is 27.1. The summed E-state index contributed by atoms with van der Waals surface area (Å²) >= 11 is 0. The van der Waals surface area contributed by atoms with E-state index in [1.807, 2.05) is 0 Å². The van der Waals surface area contributed by atoms with E-state index < -0.39 is 36.5 Å². The molecule has 6 aromatic rings. The summed E-state index contributed by atoms with van der Waals surface area (Å²) in [7, 11) is 4.21. The Balaban J connectivity index is 1.04. The van der Waals surface area contributed by atoms with Crippen LogP contribution in [0.1, 0.15) is 89.6 Å². The second-order valence-corrected chi connectivity index (χ2v) is 19.1. The molecule has 0 radical (unpaired) electrons. The van der Waals surface area contributed by atoms with Crippen LogP contribution in [0.4, 0.5) is 9.59 Å². The molecule has 8 rings (SSSR count). The lowest BCUT2D eigenvalue weighted by atomic mass is 9.87. The van der Waals surface area contributed by atoms with Crippen LogP contribution in [-0.2, 0) is 29.2 Å². The predicted molar refractivity (Wildman–Crippen MR) is 265 cm³/mol. The molecular formula is C53H63N9O8. The Morgan fingerprint density at radius 1 is 0.643 bits per heavy atom. The van der Waals surface area contributed by atoms with E-state index in [0.717, 1.165) is 70.0 Å². The molecule has 70 heavy (non-hydrogen) atoms. The molecule has 0 spiro atoms. The third-order valence-corrected chi connectivity index (χ3v) is 13.7. The molecule has 4 amide bonds. The molecule has 0 aliphatic carbocycles. The van der Waals surface area contributed by atoms with Gasteiger partial charge in [-0.15, -0.1) is 0 Å². The van der Waals surface area contributed by atoms with E-state index >= 15 is 0 Å². The van der Waals surface area contributed by atoms with Crippen LogP contribution in [0.25, 0.3) is 50.7 Å². The maximum absolute atomic E-state index is 13.8. The van der Waals surface area contributed by atoms with Gasteiger partial charge in [0.1, 0.15) is 23.7 Å².